The zero-order chi connectivity index (χ0) is 15.4. The Bertz CT molecular complexity index is 658. The van der Waals surface area contributed by atoms with E-state index >= 15 is 0 Å². The zero-order valence-corrected chi connectivity index (χ0v) is 15.8. The van der Waals surface area contributed by atoms with Gasteiger partial charge in [-0.2, -0.15) is 0 Å². The molecule has 1 aliphatic rings. The van der Waals surface area contributed by atoms with Crippen LogP contribution in [0.4, 0.5) is 5.13 Å². The summed E-state index contributed by atoms with van der Waals surface area (Å²) in [5, 5.41) is 6.93. The first-order valence-corrected chi connectivity index (χ1v) is 9.02. The number of nitrogens with zero attached hydrogens (tertiary/aromatic N) is 1. The van der Waals surface area contributed by atoms with Crippen LogP contribution in [0.2, 0.25) is 0 Å². The normalized spacial score (nSPS) is 16.8. The van der Waals surface area contributed by atoms with Crippen molar-refractivity contribution in [1.29, 1.82) is 0 Å². The molecule has 2 N–H and O–H groups in total. The summed E-state index contributed by atoms with van der Waals surface area (Å²) in [5.41, 5.74) is 1.23. The average Bonchev–Trinajstić information content (AvgIpc) is 3.11. The first-order valence-electron chi connectivity index (χ1n) is 7.41. The highest BCUT2D eigenvalue weighted by Gasteiger charge is 2.18. The average molecular weight is 417 g/mol. The van der Waals surface area contributed by atoms with Gasteiger partial charge in [0.15, 0.2) is 5.13 Å². The zero-order valence-electron chi connectivity index (χ0n) is 12.5. The van der Waals surface area contributed by atoms with Gasteiger partial charge in [-0.25, -0.2) is 4.98 Å². The maximum absolute atomic E-state index is 12.0. The van der Waals surface area contributed by atoms with Crippen molar-refractivity contribution in [3.63, 3.8) is 0 Å². The smallest absolute Gasteiger partial charge is 0.227 e. The van der Waals surface area contributed by atoms with E-state index in [1.165, 1.54) is 5.56 Å². The maximum atomic E-state index is 12.0. The van der Waals surface area contributed by atoms with Gasteiger partial charge in [0.1, 0.15) is 0 Å². The minimum absolute atomic E-state index is 0. The van der Waals surface area contributed by atoms with E-state index in [2.05, 4.69) is 43.7 Å². The van der Waals surface area contributed by atoms with Crippen LogP contribution in [0.5, 0.6) is 0 Å². The first-order chi connectivity index (χ1) is 10.7. The van der Waals surface area contributed by atoms with Crippen LogP contribution in [0.15, 0.2) is 34.9 Å². The second-order valence-corrected chi connectivity index (χ2v) is 7.51. The molecule has 3 rings (SSSR count). The van der Waals surface area contributed by atoms with Crippen molar-refractivity contribution in [3.05, 3.63) is 45.4 Å². The fraction of sp³-hybridized carbons (Fsp3) is 0.375. The molecule has 1 atom stereocenters. The van der Waals surface area contributed by atoms with Crippen LogP contribution in [-0.4, -0.2) is 23.5 Å². The number of aromatic nitrogens is 1. The quantitative estimate of drug-likeness (QED) is 0.774. The molecule has 1 unspecified atom stereocenters. The number of hydrogen-bond donors (Lipinski definition) is 2. The Morgan fingerprint density at radius 3 is 3.09 bits per heavy atom. The number of carbonyl (C=O) groups excluding carboxylic acids is 1. The summed E-state index contributed by atoms with van der Waals surface area (Å²) in [5.74, 6) is 0.0442. The lowest BCUT2D eigenvalue weighted by molar-refractivity contribution is -0.116. The first kappa shape index (κ1) is 18.4. The van der Waals surface area contributed by atoms with E-state index in [9.17, 15) is 4.79 Å². The van der Waals surface area contributed by atoms with Gasteiger partial charge >= 0.3 is 0 Å². The summed E-state index contributed by atoms with van der Waals surface area (Å²) in [6, 6.07) is 8.55. The minimum Gasteiger partial charge on any atom is -0.313 e. The van der Waals surface area contributed by atoms with Crippen molar-refractivity contribution in [2.75, 3.05) is 11.9 Å². The number of rotatable bonds is 5. The summed E-state index contributed by atoms with van der Waals surface area (Å²) in [6.07, 6.45) is 5.44. The van der Waals surface area contributed by atoms with E-state index in [0.717, 1.165) is 35.2 Å². The van der Waals surface area contributed by atoms with E-state index in [-0.39, 0.29) is 18.3 Å². The third-order valence-electron chi connectivity index (χ3n) is 3.66. The third kappa shape index (κ3) is 5.57. The van der Waals surface area contributed by atoms with Crippen LogP contribution < -0.4 is 10.6 Å². The number of hydrogen-bond acceptors (Lipinski definition) is 4. The molecule has 4 nitrogen and oxygen atoms in total. The summed E-state index contributed by atoms with van der Waals surface area (Å²) < 4.78 is 1.08. The maximum Gasteiger partial charge on any atom is 0.227 e. The lowest BCUT2D eigenvalue weighted by atomic mass is 10.1. The minimum atomic E-state index is 0. The molecule has 2 heterocycles. The van der Waals surface area contributed by atoms with E-state index in [1.54, 1.807) is 11.3 Å². The fourth-order valence-corrected chi connectivity index (χ4v) is 3.93. The van der Waals surface area contributed by atoms with Crippen molar-refractivity contribution < 1.29 is 4.79 Å². The van der Waals surface area contributed by atoms with Crippen molar-refractivity contribution in [3.8, 4) is 0 Å². The van der Waals surface area contributed by atoms with Gasteiger partial charge in [-0.15, -0.1) is 23.7 Å². The van der Waals surface area contributed by atoms with Crippen LogP contribution in [-0.2, 0) is 11.2 Å². The fourth-order valence-electron chi connectivity index (χ4n) is 2.62. The number of nitrogens with one attached hydrogen (secondary N) is 2. The molecule has 124 valence electrons. The second kappa shape index (κ2) is 8.78. The van der Waals surface area contributed by atoms with E-state index in [0.29, 0.717) is 17.6 Å². The van der Waals surface area contributed by atoms with E-state index in [1.807, 2.05) is 18.3 Å². The lowest BCUT2D eigenvalue weighted by Gasteiger charge is -2.08. The molecule has 0 saturated carbocycles. The van der Waals surface area contributed by atoms with Gasteiger partial charge in [0.25, 0.3) is 0 Å². The van der Waals surface area contributed by atoms with Crippen LogP contribution in [0, 0.1) is 0 Å². The monoisotopic (exact) mass is 415 g/mol. The second-order valence-electron chi connectivity index (χ2n) is 5.48. The topological polar surface area (TPSA) is 54.0 Å². The SMILES string of the molecule is Cl.O=C(CC1CCCN1)Nc1ncc(Cc2cccc(Br)c2)s1. The van der Waals surface area contributed by atoms with Gasteiger partial charge < -0.3 is 10.6 Å². The highest BCUT2D eigenvalue weighted by molar-refractivity contribution is 9.10. The summed E-state index contributed by atoms with van der Waals surface area (Å²) in [4.78, 5) is 17.4. The van der Waals surface area contributed by atoms with Gasteiger partial charge in [-0.05, 0) is 37.1 Å². The third-order valence-corrected chi connectivity index (χ3v) is 5.07. The molecular weight excluding hydrogens is 398 g/mol. The number of carbonyl (C=O) groups is 1. The molecule has 0 radical (unpaired) electrons. The molecule has 1 fully saturated rings. The molecule has 1 aromatic carbocycles. The molecule has 0 bridgehead atoms. The van der Waals surface area contributed by atoms with Crippen molar-refractivity contribution >= 4 is 50.7 Å². The molecule has 1 aliphatic heterocycles. The van der Waals surface area contributed by atoms with Gasteiger partial charge in [-0.1, -0.05) is 28.1 Å². The number of halogens is 2. The molecule has 1 amide bonds. The van der Waals surface area contributed by atoms with Crippen molar-refractivity contribution in [2.24, 2.45) is 0 Å². The molecule has 23 heavy (non-hydrogen) atoms. The Hall–Kier alpha value is -0.950. The van der Waals surface area contributed by atoms with Crippen molar-refractivity contribution in [2.45, 2.75) is 31.7 Å². The molecule has 1 aromatic heterocycles. The molecule has 0 aliphatic carbocycles. The predicted octanol–water partition coefficient (Wildman–Crippen LogP) is 4.00. The van der Waals surface area contributed by atoms with Gasteiger partial charge in [-0.3, -0.25) is 4.79 Å². The van der Waals surface area contributed by atoms with E-state index in [4.69, 9.17) is 0 Å². The van der Waals surface area contributed by atoms with Gasteiger partial charge in [0.05, 0.1) is 0 Å². The lowest BCUT2D eigenvalue weighted by Crippen LogP contribution is -2.27. The van der Waals surface area contributed by atoms with Crippen LogP contribution >= 0.6 is 39.7 Å². The van der Waals surface area contributed by atoms with Crippen LogP contribution in [0.25, 0.3) is 0 Å². The number of thiazole rings is 1. The van der Waals surface area contributed by atoms with Crippen LogP contribution in [0.3, 0.4) is 0 Å². The summed E-state index contributed by atoms with van der Waals surface area (Å²) >= 11 is 5.02. The Morgan fingerprint density at radius 2 is 2.35 bits per heavy atom. The highest BCUT2D eigenvalue weighted by Crippen LogP contribution is 2.23. The molecular formula is C16H19BrClN3OS. The molecule has 2 aromatic rings. The molecule has 0 spiro atoms. The Kier molecular flexibility index (Phi) is 7.02. The Morgan fingerprint density at radius 1 is 1.48 bits per heavy atom. The molecule has 7 heteroatoms. The number of amides is 1. The Balaban J connectivity index is 0.00000192. The largest absolute Gasteiger partial charge is 0.313 e. The van der Waals surface area contributed by atoms with Gasteiger partial charge in [0, 0.05) is 34.4 Å². The summed E-state index contributed by atoms with van der Waals surface area (Å²) in [6.45, 7) is 1.02. The Labute approximate surface area is 154 Å². The number of benzene rings is 1. The van der Waals surface area contributed by atoms with Crippen LogP contribution in [0.1, 0.15) is 29.7 Å². The summed E-state index contributed by atoms with van der Waals surface area (Å²) in [7, 11) is 0. The van der Waals surface area contributed by atoms with E-state index < -0.39 is 0 Å². The number of anilines is 1. The predicted molar refractivity (Wildman–Crippen MR) is 101 cm³/mol. The standard InChI is InChI=1S/C16H18BrN3OS.ClH/c17-12-4-1-3-11(7-12)8-14-10-19-16(22-14)20-15(21)9-13-5-2-6-18-13;/h1,3-4,7,10,13,18H,2,5-6,8-9H2,(H,19,20,21);1H. The van der Waals surface area contributed by atoms with Crippen molar-refractivity contribution in [1.82, 2.24) is 10.3 Å². The molecule has 1 saturated heterocycles. The highest BCUT2D eigenvalue weighted by atomic mass is 79.9. The van der Waals surface area contributed by atoms with Gasteiger partial charge in [0.2, 0.25) is 5.91 Å².